The molecule has 2 N–H and O–H groups in total. The van der Waals surface area contributed by atoms with Crippen LogP contribution in [0.5, 0.6) is 0 Å². The number of likely N-dealkylation sites (N-methyl/N-ethyl adjacent to an activating group) is 1. The van der Waals surface area contributed by atoms with Gasteiger partial charge in [-0.15, -0.1) is 11.3 Å². The number of nitrogens with one attached hydrogen (secondary N) is 1. The van der Waals surface area contributed by atoms with E-state index in [1.165, 1.54) is 11.3 Å². The van der Waals surface area contributed by atoms with Crippen LogP contribution in [0.2, 0.25) is 0 Å². The van der Waals surface area contributed by atoms with Crippen molar-refractivity contribution in [3.05, 3.63) is 21.9 Å². The second-order valence-corrected chi connectivity index (χ2v) is 4.81. The highest BCUT2D eigenvalue weighted by atomic mass is 32.1. The molecule has 0 radical (unpaired) electrons. The van der Waals surface area contributed by atoms with Crippen LogP contribution < -0.4 is 5.32 Å². The fraction of sp³-hybridized carbons (Fsp3) is 0.583. The maximum absolute atomic E-state index is 10.7. The van der Waals surface area contributed by atoms with Gasteiger partial charge in [-0.2, -0.15) is 0 Å². The molecular weight excluding hydrogens is 236 g/mol. The van der Waals surface area contributed by atoms with Gasteiger partial charge in [0.15, 0.2) is 0 Å². The minimum absolute atomic E-state index is 0.385. The molecule has 0 aliphatic rings. The van der Waals surface area contributed by atoms with E-state index in [0.29, 0.717) is 5.56 Å². The average molecular weight is 256 g/mol. The predicted octanol–water partition coefficient (Wildman–Crippen LogP) is 1.88. The fourth-order valence-electron chi connectivity index (χ4n) is 1.57. The Kier molecular flexibility index (Phi) is 6.18. The molecule has 0 amide bonds. The zero-order valence-corrected chi connectivity index (χ0v) is 11.2. The lowest BCUT2D eigenvalue weighted by atomic mass is 10.3. The number of rotatable bonds is 8. The third-order valence-electron chi connectivity index (χ3n) is 2.70. The second-order valence-electron chi connectivity index (χ2n) is 3.81. The van der Waals surface area contributed by atoms with Crippen molar-refractivity contribution in [2.45, 2.75) is 20.4 Å². The van der Waals surface area contributed by atoms with E-state index in [2.05, 4.69) is 24.1 Å². The van der Waals surface area contributed by atoms with Gasteiger partial charge < -0.3 is 15.3 Å². The number of hydrogen-bond donors (Lipinski definition) is 2. The third kappa shape index (κ3) is 4.85. The zero-order chi connectivity index (χ0) is 12.7. The molecule has 17 heavy (non-hydrogen) atoms. The SMILES string of the molecule is CCN(CC)CCNCc1cc(C(=O)O)cs1. The summed E-state index contributed by atoms with van der Waals surface area (Å²) in [5, 5.41) is 13.8. The Morgan fingerprint density at radius 1 is 1.47 bits per heavy atom. The molecule has 0 atom stereocenters. The molecular formula is C12H20N2O2S. The zero-order valence-electron chi connectivity index (χ0n) is 10.4. The van der Waals surface area contributed by atoms with Crippen molar-refractivity contribution < 1.29 is 9.90 Å². The van der Waals surface area contributed by atoms with Gasteiger partial charge in [0.05, 0.1) is 5.56 Å². The lowest BCUT2D eigenvalue weighted by molar-refractivity contribution is 0.0697. The van der Waals surface area contributed by atoms with E-state index in [0.717, 1.165) is 37.6 Å². The molecule has 0 saturated carbocycles. The number of carbonyl (C=O) groups is 1. The fourth-order valence-corrected chi connectivity index (χ4v) is 2.40. The molecule has 5 heteroatoms. The van der Waals surface area contributed by atoms with Gasteiger partial charge in [0.1, 0.15) is 0 Å². The van der Waals surface area contributed by atoms with Crippen LogP contribution in [-0.2, 0) is 6.54 Å². The van der Waals surface area contributed by atoms with Gasteiger partial charge in [-0.3, -0.25) is 0 Å². The van der Waals surface area contributed by atoms with Crippen molar-refractivity contribution in [1.29, 1.82) is 0 Å². The van der Waals surface area contributed by atoms with Crippen LogP contribution in [0, 0.1) is 0 Å². The lowest BCUT2D eigenvalue weighted by Gasteiger charge is -2.17. The summed E-state index contributed by atoms with van der Waals surface area (Å²) in [5.41, 5.74) is 0.385. The highest BCUT2D eigenvalue weighted by Gasteiger charge is 2.06. The molecule has 0 bridgehead atoms. The van der Waals surface area contributed by atoms with Crippen LogP contribution in [-0.4, -0.2) is 42.2 Å². The van der Waals surface area contributed by atoms with Gasteiger partial charge in [0.2, 0.25) is 0 Å². The van der Waals surface area contributed by atoms with E-state index in [9.17, 15) is 4.79 Å². The highest BCUT2D eigenvalue weighted by molar-refractivity contribution is 7.10. The molecule has 0 aliphatic heterocycles. The number of carboxylic acid groups (broad SMARTS) is 1. The van der Waals surface area contributed by atoms with E-state index >= 15 is 0 Å². The minimum Gasteiger partial charge on any atom is -0.478 e. The molecule has 1 rings (SSSR count). The number of carboxylic acids is 1. The topological polar surface area (TPSA) is 52.6 Å². The summed E-state index contributed by atoms with van der Waals surface area (Å²) in [6, 6.07) is 1.73. The predicted molar refractivity (Wildman–Crippen MR) is 70.8 cm³/mol. The maximum Gasteiger partial charge on any atom is 0.336 e. The van der Waals surface area contributed by atoms with E-state index < -0.39 is 5.97 Å². The second kappa shape index (κ2) is 7.42. The maximum atomic E-state index is 10.7. The smallest absolute Gasteiger partial charge is 0.336 e. The van der Waals surface area contributed by atoms with Crippen LogP contribution in [0.3, 0.4) is 0 Å². The molecule has 0 spiro atoms. The molecule has 4 nitrogen and oxygen atoms in total. The molecule has 1 aromatic heterocycles. The Labute approximate surface area is 106 Å². The first-order valence-corrected chi connectivity index (χ1v) is 6.79. The number of aromatic carboxylic acids is 1. The van der Waals surface area contributed by atoms with Crippen molar-refractivity contribution in [2.75, 3.05) is 26.2 Å². The average Bonchev–Trinajstić information content (AvgIpc) is 2.78. The summed E-state index contributed by atoms with van der Waals surface area (Å²) in [6.45, 7) is 9.16. The van der Waals surface area contributed by atoms with Gasteiger partial charge in [-0.1, -0.05) is 13.8 Å². The van der Waals surface area contributed by atoms with Crippen molar-refractivity contribution in [1.82, 2.24) is 10.2 Å². The van der Waals surface area contributed by atoms with Gasteiger partial charge in [-0.25, -0.2) is 4.79 Å². The van der Waals surface area contributed by atoms with Crippen LogP contribution in [0.4, 0.5) is 0 Å². The first kappa shape index (κ1) is 14.2. The first-order valence-electron chi connectivity index (χ1n) is 5.91. The molecule has 1 aromatic rings. The van der Waals surface area contributed by atoms with E-state index in [-0.39, 0.29) is 0 Å². The minimum atomic E-state index is -0.851. The highest BCUT2D eigenvalue weighted by Crippen LogP contribution is 2.14. The monoisotopic (exact) mass is 256 g/mol. The Morgan fingerprint density at radius 3 is 2.71 bits per heavy atom. The number of thiophene rings is 1. The Hall–Kier alpha value is -0.910. The largest absolute Gasteiger partial charge is 0.478 e. The van der Waals surface area contributed by atoms with Crippen LogP contribution in [0.25, 0.3) is 0 Å². The molecule has 0 aromatic carbocycles. The number of nitrogens with zero attached hydrogens (tertiary/aromatic N) is 1. The van der Waals surface area contributed by atoms with Crippen molar-refractivity contribution >= 4 is 17.3 Å². The van der Waals surface area contributed by atoms with E-state index in [4.69, 9.17) is 5.11 Å². The Morgan fingerprint density at radius 2 is 2.18 bits per heavy atom. The molecule has 0 fully saturated rings. The first-order chi connectivity index (χ1) is 8.17. The van der Waals surface area contributed by atoms with Crippen molar-refractivity contribution in [2.24, 2.45) is 0 Å². The summed E-state index contributed by atoms with van der Waals surface area (Å²) in [5.74, 6) is -0.851. The van der Waals surface area contributed by atoms with Gasteiger partial charge in [0.25, 0.3) is 0 Å². The third-order valence-corrected chi connectivity index (χ3v) is 3.64. The normalized spacial score (nSPS) is 11.0. The van der Waals surface area contributed by atoms with Crippen LogP contribution in [0.15, 0.2) is 11.4 Å². The standard InChI is InChI=1S/C12H20N2O2S/c1-3-14(4-2)6-5-13-8-11-7-10(9-17-11)12(15)16/h7,9,13H,3-6,8H2,1-2H3,(H,15,16). The van der Waals surface area contributed by atoms with E-state index in [1.807, 2.05) is 0 Å². The summed E-state index contributed by atoms with van der Waals surface area (Å²) in [7, 11) is 0. The molecule has 0 saturated heterocycles. The molecule has 96 valence electrons. The Bertz CT molecular complexity index is 348. The molecule has 0 aliphatic carbocycles. The van der Waals surface area contributed by atoms with E-state index in [1.54, 1.807) is 11.4 Å². The summed E-state index contributed by atoms with van der Waals surface area (Å²) in [4.78, 5) is 14.1. The van der Waals surface area contributed by atoms with Gasteiger partial charge in [0, 0.05) is 29.9 Å². The van der Waals surface area contributed by atoms with Gasteiger partial charge in [-0.05, 0) is 19.2 Å². The number of hydrogen-bond acceptors (Lipinski definition) is 4. The van der Waals surface area contributed by atoms with Crippen LogP contribution >= 0.6 is 11.3 Å². The van der Waals surface area contributed by atoms with Crippen LogP contribution in [0.1, 0.15) is 29.1 Å². The van der Waals surface area contributed by atoms with Gasteiger partial charge >= 0.3 is 5.97 Å². The Balaban J connectivity index is 2.24. The molecule has 0 unspecified atom stereocenters. The van der Waals surface area contributed by atoms with Crippen molar-refractivity contribution in [3.8, 4) is 0 Å². The summed E-state index contributed by atoms with van der Waals surface area (Å²) >= 11 is 1.49. The van der Waals surface area contributed by atoms with Crippen molar-refractivity contribution in [3.63, 3.8) is 0 Å². The summed E-state index contributed by atoms with van der Waals surface area (Å²) in [6.07, 6.45) is 0. The lowest BCUT2D eigenvalue weighted by Crippen LogP contribution is -2.31. The molecule has 1 heterocycles. The quantitative estimate of drug-likeness (QED) is 0.697. The summed E-state index contributed by atoms with van der Waals surface area (Å²) < 4.78 is 0.